The Morgan fingerprint density at radius 3 is 3.29 bits per heavy atom. The number of amides is 1. The molecule has 2 aromatic rings. The van der Waals surface area contributed by atoms with Crippen molar-refractivity contribution in [1.82, 2.24) is 25.0 Å². The minimum absolute atomic E-state index is 0.0361. The molecule has 8 nitrogen and oxygen atoms in total. The second kappa shape index (κ2) is 7.75. The molecule has 1 unspecified atom stereocenters. The summed E-state index contributed by atoms with van der Waals surface area (Å²) in [4.78, 5) is 18.3. The molecular weight excluding hydrogens is 308 g/mol. The van der Waals surface area contributed by atoms with Crippen LogP contribution in [0.4, 0.5) is 0 Å². The van der Waals surface area contributed by atoms with Crippen LogP contribution in [-0.4, -0.2) is 44.7 Å². The van der Waals surface area contributed by atoms with Crippen LogP contribution in [0.15, 0.2) is 29.1 Å². The first kappa shape index (κ1) is 16.2. The Morgan fingerprint density at radius 1 is 1.58 bits per heavy atom. The summed E-state index contributed by atoms with van der Waals surface area (Å²) in [6.45, 7) is 1.74. The third kappa shape index (κ3) is 4.00. The molecule has 1 atom stereocenters. The number of aromatic nitrogens is 3. The third-order valence-electron chi connectivity index (χ3n) is 4.12. The molecule has 1 amide bonds. The van der Waals surface area contributed by atoms with Gasteiger partial charge in [0.25, 0.3) is 0 Å². The Hall–Kier alpha value is -2.66. The second-order valence-electron chi connectivity index (χ2n) is 5.78. The lowest BCUT2D eigenvalue weighted by atomic mass is 10.1. The van der Waals surface area contributed by atoms with Gasteiger partial charge in [0.2, 0.25) is 5.91 Å². The molecule has 0 saturated carbocycles. The van der Waals surface area contributed by atoms with Crippen LogP contribution in [0.3, 0.4) is 0 Å². The predicted molar refractivity (Wildman–Crippen MR) is 84.5 cm³/mol. The summed E-state index contributed by atoms with van der Waals surface area (Å²) in [5.74, 6) is 1.67. The summed E-state index contributed by atoms with van der Waals surface area (Å²) in [5, 5.41) is 16.3. The summed E-state index contributed by atoms with van der Waals surface area (Å²) < 4.78 is 7.18. The highest BCUT2D eigenvalue weighted by Gasteiger charge is 2.21. The van der Waals surface area contributed by atoms with Crippen molar-refractivity contribution in [2.24, 2.45) is 0 Å². The minimum Gasteiger partial charge on any atom is -0.467 e. The van der Waals surface area contributed by atoms with Crippen LogP contribution < -0.4 is 5.32 Å². The molecule has 3 rings (SSSR count). The molecule has 8 heteroatoms. The average Bonchev–Trinajstić information content (AvgIpc) is 3.27. The second-order valence-corrected chi connectivity index (χ2v) is 5.78. The summed E-state index contributed by atoms with van der Waals surface area (Å²) in [6, 6.07) is 5.90. The van der Waals surface area contributed by atoms with Crippen LogP contribution in [0, 0.1) is 11.3 Å². The molecule has 1 aliphatic heterocycles. The van der Waals surface area contributed by atoms with E-state index in [1.165, 1.54) is 0 Å². The lowest BCUT2D eigenvalue weighted by molar-refractivity contribution is -0.131. The molecule has 1 aliphatic rings. The van der Waals surface area contributed by atoms with Crippen molar-refractivity contribution in [2.75, 3.05) is 13.1 Å². The quantitative estimate of drug-likeness (QED) is 0.804. The number of hydrogen-bond donors (Lipinski definition) is 1. The normalized spacial score (nSPS) is 16.4. The molecule has 0 bridgehead atoms. The molecule has 2 aromatic heterocycles. The van der Waals surface area contributed by atoms with E-state index in [2.05, 4.69) is 21.5 Å². The molecular formula is C16H20N6O2. The van der Waals surface area contributed by atoms with Crippen LogP contribution >= 0.6 is 0 Å². The van der Waals surface area contributed by atoms with Gasteiger partial charge in [-0.15, -0.1) is 0 Å². The van der Waals surface area contributed by atoms with Gasteiger partial charge in [-0.2, -0.15) is 10.4 Å². The van der Waals surface area contributed by atoms with E-state index in [1.54, 1.807) is 23.6 Å². The topological polar surface area (TPSA) is 100.0 Å². The van der Waals surface area contributed by atoms with Gasteiger partial charge in [-0.1, -0.05) is 0 Å². The zero-order chi connectivity index (χ0) is 16.8. The molecule has 1 N–H and O–H groups in total. The van der Waals surface area contributed by atoms with E-state index in [0.29, 0.717) is 25.3 Å². The molecule has 0 aliphatic carbocycles. The zero-order valence-corrected chi connectivity index (χ0v) is 13.4. The van der Waals surface area contributed by atoms with Gasteiger partial charge in [-0.3, -0.25) is 4.79 Å². The molecule has 0 saturated heterocycles. The number of carbonyl (C=O) groups excluding carboxylic acids is 1. The number of hydrogen-bond acceptors (Lipinski definition) is 6. The Labute approximate surface area is 140 Å². The number of aryl methyl sites for hydroxylation is 1. The first-order valence-electron chi connectivity index (χ1n) is 8.03. The smallest absolute Gasteiger partial charge is 0.236 e. The highest BCUT2D eigenvalue weighted by molar-refractivity contribution is 5.78. The number of fused-ring (bicyclic) bond motifs is 1. The van der Waals surface area contributed by atoms with Crippen molar-refractivity contribution in [2.45, 2.75) is 38.4 Å². The number of nitriles is 1. The predicted octanol–water partition coefficient (Wildman–Crippen LogP) is 0.718. The lowest BCUT2D eigenvalue weighted by Crippen LogP contribution is -2.44. The van der Waals surface area contributed by atoms with Crippen molar-refractivity contribution >= 4 is 5.91 Å². The van der Waals surface area contributed by atoms with Crippen LogP contribution in [0.1, 0.15) is 24.4 Å². The van der Waals surface area contributed by atoms with Crippen LogP contribution in [-0.2, 0) is 24.3 Å². The Balaban J connectivity index is 1.52. The van der Waals surface area contributed by atoms with Crippen molar-refractivity contribution < 1.29 is 9.21 Å². The van der Waals surface area contributed by atoms with Crippen molar-refractivity contribution in [3.63, 3.8) is 0 Å². The SMILES string of the molecule is N#CCCN(Cc1ccco1)C(=O)CNC1CCc2ncnn2C1. The molecule has 0 radical (unpaired) electrons. The Bertz CT molecular complexity index is 702. The van der Waals surface area contributed by atoms with Gasteiger partial charge in [0.1, 0.15) is 17.9 Å². The van der Waals surface area contributed by atoms with Gasteiger partial charge >= 0.3 is 0 Å². The fourth-order valence-electron chi connectivity index (χ4n) is 2.82. The van der Waals surface area contributed by atoms with Gasteiger partial charge in [0, 0.05) is 19.0 Å². The van der Waals surface area contributed by atoms with Gasteiger partial charge in [-0.05, 0) is 18.6 Å². The number of nitrogens with zero attached hydrogens (tertiary/aromatic N) is 5. The van der Waals surface area contributed by atoms with Gasteiger partial charge in [0.15, 0.2) is 0 Å². The summed E-state index contributed by atoms with van der Waals surface area (Å²) in [7, 11) is 0. The van der Waals surface area contributed by atoms with E-state index in [1.807, 2.05) is 10.7 Å². The van der Waals surface area contributed by atoms with E-state index in [-0.39, 0.29) is 18.5 Å². The molecule has 3 heterocycles. The highest BCUT2D eigenvalue weighted by atomic mass is 16.3. The van der Waals surface area contributed by atoms with Crippen molar-refractivity contribution in [3.8, 4) is 6.07 Å². The Morgan fingerprint density at radius 2 is 2.50 bits per heavy atom. The van der Waals surface area contributed by atoms with E-state index >= 15 is 0 Å². The van der Waals surface area contributed by atoms with Gasteiger partial charge < -0.3 is 14.6 Å². The Kier molecular flexibility index (Phi) is 5.23. The monoisotopic (exact) mass is 328 g/mol. The maximum atomic E-state index is 12.5. The third-order valence-corrected chi connectivity index (χ3v) is 4.12. The summed E-state index contributed by atoms with van der Waals surface area (Å²) >= 11 is 0. The van der Waals surface area contributed by atoms with Gasteiger partial charge in [-0.25, -0.2) is 9.67 Å². The largest absolute Gasteiger partial charge is 0.467 e. The average molecular weight is 328 g/mol. The zero-order valence-electron chi connectivity index (χ0n) is 13.4. The van der Waals surface area contributed by atoms with Crippen LogP contribution in [0.2, 0.25) is 0 Å². The van der Waals surface area contributed by atoms with E-state index in [9.17, 15) is 4.79 Å². The van der Waals surface area contributed by atoms with E-state index in [0.717, 1.165) is 25.2 Å². The molecule has 126 valence electrons. The summed E-state index contributed by atoms with van der Waals surface area (Å²) in [5.41, 5.74) is 0. The van der Waals surface area contributed by atoms with E-state index in [4.69, 9.17) is 9.68 Å². The number of rotatable bonds is 7. The van der Waals surface area contributed by atoms with Crippen molar-refractivity contribution in [3.05, 3.63) is 36.3 Å². The summed E-state index contributed by atoms with van der Waals surface area (Å²) in [6.07, 6.45) is 5.24. The standard InChI is InChI=1S/C16H20N6O2/c17-6-2-7-21(11-14-3-1-8-24-14)16(23)9-18-13-4-5-15-19-12-20-22(15)10-13/h1,3,8,12-13,18H,2,4-5,7,9-11H2. The fraction of sp³-hybridized carbons (Fsp3) is 0.500. The highest BCUT2D eigenvalue weighted by Crippen LogP contribution is 2.11. The number of furan rings is 1. The van der Waals surface area contributed by atoms with Gasteiger partial charge in [0.05, 0.1) is 38.4 Å². The van der Waals surface area contributed by atoms with Crippen molar-refractivity contribution in [1.29, 1.82) is 5.26 Å². The first-order valence-corrected chi connectivity index (χ1v) is 8.03. The molecule has 0 spiro atoms. The fourth-order valence-corrected chi connectivity index (χ4v) is 2.82. The van der Waals surface area contributed by atoms with E-state index < -0.39 is 0 Å². The maximum absolute atomic E-state index is 12.5. The van der Waals surface area contributed by atoms with Crippen LogP contribution in [0.5, 0.6) is 0 Å². The lowest BCUT2D eigenvalue weighted by Gasteiger charge is -2.26. The first-order chi connectivity index (χ1) is 11.8. The minimum atomic E-state index is -0.0361. The maximum Gasteiger partial charge on any atom is 0.236 e. The molecule has 0 fully saturated rings. The number of nitrogens with one attached hydrogen (secondary N) is 1. The molecule has 24 heavy (non-hydrogen) atoms. The molecule has 0 aromatic carbocycles. The van der Waals surface area contributed by atoms with Crippen LogP contribution in [0.25, 0.3) is 0 Å². The number of carbonyl (C=O) groups is 1.